The molecule has 3 aliphatic heterocycles. The number of nitrogens with zero attached hydrogens (tertiary/aromatic N) is 4. The molecule has 3 saturated heterocycles. The number of halogens is 1. The standard InChI is InChI=1S/C34H44FN5O/c1-24-37-30-9-2-3-10-31(30)40(24)29-22-27-11-12-28(23-29)39(27)20-17-33(25-7-6-8-26(35)21-25)15-18-38(19-16-33)32(41)34(36)13-4-5-14-34/h2-3,6-10,21,27-29H,4-5,11-20,22-23,36H2,1H3/t27-,28+,29?. The maximum absolute atomic E-state index is 14.5. The van der Waals surface area contributed by atoms with Crippen molar-refractivity contribution in [3.05, 3.63) is 65.7 Å². The maximum atomic E-state index is 14.5. The summed E-state index contributed by atoms with van der Waals surface area (Å²) in [6.45, 7) is 4.58. The van der Waals surface area contributed by atoms with Gasteiger partial charge in [-0.1, -0.05) is 37.1 Å². The number of fused-ring (bicyclic) bond motifs is 3. The van der Waals surface area contributed by atoms with Gasteiger partial charge in [0.05, 0.1) is 16.6 Å². The molecule has 1 aliphatic carbocycles. The number of carbonyl (C=O) groups is 1. The average molecular weight is 558 g/mol. The van der Waals surface area contributed by atoms with Gasteiger partial charge in [-0.25, -0.2) is 9.37 Å². The Bertz CT molecular complexity index is 1410. The lowest BCUT2D eigenvalue weighted by molar-refractivity contribution is -0.138. The molecule has 4 aliphatic rings. The molecule has 1 amide bonds. The van der Waals surface area contributed by atoms with Crippen LogP contribution in [0.15, 0.2) is 48.5 Å². The molecule has 218 valence electrons. The molecular weight excluding hydrogens is 513 g/mol. The van der Waals surface area contributed by atoms with Crippen LogP contribution in [-0.2, 0) is 10.2 Å². The molecule has 0 radical (unpaired) electrons. The molecule has 1 saturated carbocycles. The molecule has 1 aromatic heterocycles. The molecule has 4 heterocycles. The Kier molecular flexibility index (Phi) is 6.94. The Balaban J connectivity index is 1.07. The van der Waals surface area contributed by atoms with Crippen LogP contribution in [0.5, 0.6) is 0 Å². The molecule has 6 nitrogen and oxygen atoms in total. The van der Waals surface area contributed by atoms with Crippen LogP contribution in [0.25, 0.3) is 11.0 Å². The van der Waals surface area contributed by atoms with Crippen LogP contribution in [-0.4, -0.2) is 62.5 Å². The molecular formula is C34H44FN5O. The van der Waals surface area contributed by atoms with Gasteiger partial charge in [0.25, 0.3) is 0 Å². The van der Waals surface area contributed by atoms with E-state index in [1.165, 1.54) is 18.4 Å². The highest BCUT2D eigenvalue weighted by Crippen LogP contribution is 2.45. The van der Waals surface area contributed by atoms with Crippen molar-refractivity contribution < 1.29 is 9.18 Å². The molecule has 2 N–H and O–H groups in total. The van der Waals surface area contributed by atoms with Gasteiger partial charge in [0.1, 0.15) is 11.6 Å². The normalized spacial score (nSPS) is 27.5. The minimum atomic E-state index is -0.679. The first kappa shape index (κ1) is 27.1. The molecule has 41 heavy (non-hydrogen) atoms. The van der Waals surface area contributed by atoms with Gasteiger partial charge in [-0.3, -0.25) is 9.69 Å². The van der Waals surface area contributed by atoms with E-state index in [4.69, 9.17) is 10.7 Å². The van der Waals surface area contributed by atoms with Gasteiger partial charge >= 0.3 is 0 Å². The van der Waals surface area contributed by atoms with E-state index in [-0.39, 0.29) is 17.1 Å². The summed E-state index contributed by atoms with van der Waals surface area (Å²) in [5.74, 6) is 1.08. The minimum Gasteiger partial charge on any atom is -0.341 e. The third-order valence-corrected chi connectivity index (χ3v) is 11.2. The fourth-order valence-corrected chi connectivity index (χ4v) is 8.96. The van der Waals surface area contributed by atoms with Gasteiger partial charge < -0.3 is 15.2 Å². The number of rotatable bonds is 6. The SMILES string of the molecule is Cc1nc2ccccc2n1C1C[C@H]2CC[C@@H](C1)N2CCC1(c2cccc(F)c2)CCN(C(=O)C2(N)CCCC2)CC1. The van der Waals surface area contributed by atoms with Gasteiger partial charge in [0.2, 0.25) is 5.91 Å². The Labute approximate surface area is 243 Å². The predicted molar refractivity (Wildman–Crippen MR) is 160 cm³/mol. The number of hydrogen-bond acceptors (Lipinski definition) is 4. The molecule has 4 fully saturated rings. The molecule has 7 heteroatoms. The molecule has 3 atom stereocenters. The number of aryl methyl sites for hydroxylation is 1. The van der Waals surface area contributed by atoms with E-state index in [1.54, 1.807) is 12.1 Å². The number of imidazole rings is 1. The quantitative estimate of drug-likeness (QED) is 0.412. The summed E-state index contributed by atoms with van der Waals surface area (Å²) in [4.78, 5) is 23.0. The summed E-state index contributed by atoms with van der Waals surface area (Å²) in [5, 5.41) is 0. The van der Waals surface area contributed by atoms with E-state index in [1.807, 2.05) is 11.0 Å². The number of carbonyl (C=O) groups excluding carboxylic acids is 1. The molecule has 3 aromatic rings. The second kappa shape index (κ2) is 10.5. The monoisotopic (exact) mass is 557 g/mol. The first-order valence-corrected chi connectivity index (χ1v) is 15.9. The zero-order valence-corrected chi connectivity index (χ0v) is 24.4. The number of nitrogens with two attached hydrogens (primary N) is 1. The van der Waals surface area contributed by atoms with E-state index in [2.05, 4.69) is 46.7 Å². The third kappa shape index (κ3) is 4.79. The summed E-state index contributed by atoms with van der Waals surface area (Å²) in [6, 6.07) is 17.4. The van der Waals surface area contributed by atoms with Gasteiger partial charge in [-0.2, -0.15) is 0 Å². The lowest BCUT2D eigenvalue weighted by Gasteiger charge is -2.46. The van der Waals surface area contributed by atoms with Crippen LogP contribution in [0.1, 0.15) is 88.1 Å². The number of amides is 1. The van der Waals surface area contributed by atoms with Crippen molar-refractivity contribution in [1.29, 1.82) is 0 Å². The zero-order chi connectivity index (χ0) is 28.2. The van der Waals surface area contributed by atoms with E-state index in [0.29, 0.717) is 31.2 Å². The van der Waals surface area contributed by atoms with Crippen LogP contribution < -0.4 is 5.73 Å². The van der Waals surface area contributed by atoms with Crippen LogP contribution >= 0.6 is 0 Å². The first-order chi connectivity index (χ1) is 19.9. The number of benzene rings is 2. The first-order valence-electron chi connectivity index (χ1n) is 15.9. The lowest BCUT2D eigenvalue weighted by atomic mass is 9.70. The number of piperidine rings is 2. The van der Waals surface area contributed by atoms with Crippen molar-refractivity contribution in [2.75, 3.05) is 19.6 Å². The topological polar surface area (TPSA) is 67.4 Å². The molecule has 1 unspecified atom stereocenters. The molecule has 7 rings (SSSR count). The molecule has 2 bridgehead atoms. The van der Waals surface area contributed by atoms with Crippen LogP contribution in [0, 0.1) is 12.7 Å². The minimum absolute atomic E-state index is 0.121. The number of aromatic nitrogens is 2. The second-order valence-corrected chi connectivity index (χ2v) is 13.5. The van der Waals surface area contributed by atoms with Crippen molar-refractivity contribution in [1.82, 2.24) is 19.4 Å². The van der Waals surface area contributed by atoms with Gasteiger partial charge in [0.15, 0.2) is 0 Å². The summed E-state index contributed by atoms with van der Waals surface area (Å²) >= 11 is 0. The van der Waals surface area contributed by atoms with Crippen molar-refractivity contribution in [2.45, 2.75) is 107 Å². The van der Waals surface area contributed by atoms with Crippen molar-refractivity contribution >= 4 is 16.9 Å². The predicted octanol–water partition coefficient (Wildman–Crippen LogP) is 5.87. The number of likely N-dealkylation sites (tertiary alicyclic amines) is 1. The molecule has 0 spiro atoms. The zero-order valence-electron chi connectivity index (χ0n) is 24.4. The lowest BCUT2D eigenvalue weighted by Crippen LogP contribution is -2.57. The van der Waals surface area contributed by atoms with E-state index >= 15 is 0 Å². The summed E-state index contributed by atoms with van der Waals surface area (Å²) in [5.41, 5.74) is 9.20. The van der Waals surface area contributed by atoms with Crippen molar-refractivity contribution in [2.24, 2.45) is 5.73 Å². The summed E-state index contributed by atoms with van der Waals surface area (Å²) < 4.78 is 17.0. The maximum Gasteiger partial charge on any atom is 0.242 e. The van der Waals surface area contributed by atoms with Crippen molar-refractivity contribution in [3.8, 4) is 0 Å². The highest BCUT2D eigenvalue weighted by atomic mass is 19.1. The van der Waals surface area contributed by atoms with Crippen LogP contribution in [0.4, 0.5) is 4.39 Å². The Morgan fingerprint density at radius 3 is 2.39 bits per heavy atom. The van der Waals surface area contributed by atoms with Crippen LogP contribution in [0.3, 0.4) is 0 Å². The van der Waals surface area contributed by atoms with Gasteiger partial charge in [-0.15, -0.1) is 0 Å². The van der Waals surface area contributed by atoms with Gasteiger partial charge in [-0.05, 0) is 106 Å². The Hall–Kier alpha value is -2.77. The highest BCUT2D eigenvalue weighted by Gasteiger charge is 2.46. The van der Waals surface area contributed by atoms with Crippen molar-refractivity contribution in [3.63, 3.8) is 0 Å². The second-order valence-electron chi connectivity index (χ2n) is 13.5. The van der Waals surface area contributed by atoms with E-state index < -0.39 is 5.54 Å². The Morgan fingerprint density at radius 2 is 1.68 bits per heavy atom. The largest absolute Gasteiger partial charge is 0.341 e. The van der Waals surface area contributed by atoms with Gasteiger partial charge in [0, 0.05) is 31.2 Å². The third-order valence-electron chi connectivity index (χ3n) is 11.2. The highest BCUT2D eigenvalue weighted by molar-refractivity contribution is 5.86. The molecule has 2 aromatic carbocycles. The summed E-state index contributed by atoms with van der Waals surface area (Å²) in [7, 11) is 0. The average Bonchev–Trinajstić information content (AvgIpc) is 3.64. The smallest absolute Gasteiger partial charge is 0.242 e. The Morgan fingerprint density at radius 1 is 0.976 bits per heavy atom. The fraction of sp³-hybridized carbons (Fsp3) is 0.588. The number of para-hydroxylation sites is 2. The van der Waals surface area contributed by atoms with E-state index in [9.17, 15) is 9.18 Å². The summed E-state index contributed by atoms with van der Waals surface area (Å²) in [6.07, 6.45) is 11.2. The fourth-order valence-electron chi connectivity index (χ4n) is 8.96. The number of hydrogen-bond donors (Lipinski definition) is 1. The van der Waals surface area contributed by atoms with Crippen LogP contribution in [0.2, 0.25) is 0 Å². The van der Waals surface area contributed by atoms with E-state index in [0.717, 1.165) is 81.2 Å².